The van der Waals surface area contributed by atoms with E-state index in [0.29, 0.717) is 12.4 Å². The molecule has 0 aliphatic carbocycles. The second kappa shape index (κ2) is 4.75. The van der Waals surface area contributed by atoms with Gasteiger partial charge in [-0.25, -0.2) is 18.1 Å². The number of nitrogens with one attached hydrogen (secondary N) is 1. The molecule has 0 amide bonds. The van der Waals surface area contributed by atoms with Crippen molar-refractivity contribution in [1.29, 1.82) is 0 Å². The summed E-state index contributed by atoms with van der Waals surface area (Å²) in [5.41, 5.74) is 5.14. The molecule has 1 aromatic heterocycles. The molecule has 0 bridgehead atoms. The van der Waals surface area contributed by atoms with E-state index in [4.69, 9.17) is 5.73 Å². The van der Waals surface area contributed by atoms with Gasteiger partial charge < -0.3 is 10.3 Å². The first-order chi connectivity index (χ1) is 7.65. The van der Waals surface area contributed by atoms with Gasteiger partial charge >= 0.3 is 0 Å². The SMILES string of the molecule is CCn1cc(S(=O)(=O)NCC(C)(C)N)nc1C. The zero-order chi connectivity index (χ0) is 13.3. The number of aromatic nitrogens is 2. The van der Waals surface area contributed by atoms with Crippen LogP contribution in [-0.2, 0) is 16.6 Å². The number of hydrogen-bond donors (Lipinski definition) is 2. The van der Waals surface area contributed by atoms with E-state index in [0.717, 1.165) is 0 Å². The van der Waals surface area contributed by atoms with Crippen LogP contribution >= 0.6 is 0 Å². The van der Waals surface area contributed by atoms with Crippen LogP contribution in [0.3, 0.4) is 0 Å². The van der Waals surface area contributed by atoms with Gasteiger partial charge in [-0.05, 0) is 27.7 Å². The number of hydrogen-bond acceptors (Lipinski definition) is 4. The van der Waals surface area contributed by atoms with Crippen LogP contribution in [0, 0.1) is 6.92 Å². The molecule has 6 nitrogen and oxygen atoms in total. The summed E-state index contributed by atoms with van der Waals surface area (Å²) < 4.78 is 28.1. The van der Waals surface area contributed by atoms with Crippen LogP contribution in [0.25, 0.3) is 0 Å². The average molecular weight is 260 g/mol. The standard InChI is InChI=1S/C10H20N4O2S/c1-5-14-6-9(13-8(14)2)17(15,16)12-7-10(3,4)11/h6,12H,5,7,11H2,1-4H3. The number of rotatable bonds is 5. The van der Waals surface area contributed by atoms with Crippen molar-refractivity contribution in [3.8, 4) is 0 Å². The van der Waals surface area contributed by atoms with Crippen molar-refractivity contribution in [2.24, 2.45) is 5.73 Å². The van der Waals surface area contributed by atoms with Crippen LogP contribution in [0.5, 0.6) is 0 Å². The van der Waals surface area contributed by atoms with E-state index in [9.17, 15) is 8.42 Å². The lowest BCUT2D eigenvalue weighted by atomic mass is 10.1. The van der Waals surface area contributed by atoms with Crippen LogP contribution in [0.1, 0.15) is 26.6 Å². The van der Waals surface area contributed by atoms with Crippen LogP contribution in [0.4, 0.5) is 0 Å². The second-order valence-corrected chi connectivity index (χ2v) is 6.44. The number of nitrogens with two attached hydrogens (primary N) is 1. The largest absolute Gasteiger partial charge is 0.334 e. The van der Waals surface area contributed by atoms with E-state index in [1.165, 1.54) is 6.20 Å². The molecule has 0 atom stereocenters. The molecule has 0 radical (unpaired) electrons. The molecule has 7 heteroatoms. The molecule has 17 heavy (non-hydrogen) atoms. The normalized spacial score (nSPS) is 13.0. The molecule has 3 N–H and O–H groups in total. The summed E-state index contributed by atoms with van der Waals surface area (Å²) >= 11 is 0. The molecule has 0 unspecified atom stereocenters. The minimum absolute atomic E-state index is 0.0427. The Kier molecular flexibility index (Phi) is 3.95. The second-order valence-electron chi connectivity index (χ2n) is 4.73. The van der Waals surface area contributed by atoms with Gasteiger partial charge in [0.1, 0.15) is 5.82 Å². The first-order valence-electron chi connectivity index (χ1n) is 5.48. The fraction of sp³-hybridized carbons (Fsp3) is 0.700. The Bertz CT molecular complexity index is 485. The van der Waals surface area contributed by atoms with Gasteiger partial charge in [-0.2, -0.15) is 0 Å². The summed E-state index contributed by atoms with van der Waals surface area (Å²) in [6, 6.07) is 0. The van der Waals surface area contributed by atoms with Crippen LogP contribution in [-0.4, -0.2) is 30.1 Å². The zero-order valence-corrected chi connectivity index (χ0v) is 11.5. The van der Waals surface area contributed by atoms with E-state index < -0.39 is 15.6 Å². The fourth-order valence-corrected chi connectivity index (χ4v) is 2.51. The van der Waals surface area contributed by atoms with E-state index in [2.05, 4.69) is 9.71 Å². The van der Waals surface area contributed by atoms with E-state index in [-0.39, 0.29) is 11.6 Å². The molecule has 0 saturated heterocycles. The predicted octanol–water partition coefficient (Wildman–Crippen LogP) is 0.227. The lowest BCUT2D eigenvalue weighted by Crippen LogP contribution is -2.45. The zero-order valence-electron chi connectivity index (χ0n) is 10.7. The lowest BCUT2D eigenvalue weighted by Gasteiger charge is -2.18. The smallest absolute Gasteiger partial charge is 0.259 e. The van der Waals surface area contributed by atoms with Gasteiger partial charge in [-0.15, -0.1) is 0 Å². The van der Waals surface area contributed by atoms with Gasteiger partial charge in [-0.1, -0.05) is 0 Å². The molecule has 98 valence electrons. The third kappa shape index (κ3) is 3.79. The van der Waals surface area contributed by atoms with Gasteiger partial charge in [0, 0.05) is 24.8 Å². The monoisotopic (exact) mass is 260 g/mol. The Morgan fingerprint density at radius 3 is 2.53 bits per heavy atom. The van der Waals surface area contributed by atoms with Gasteiger partial charge in [0.2, 0.25) is 0 Å². The molecular weight excluding hydrogens is 240 g/mol. The highest BCUT2D eigenvalue weighted by molar-refractivity contribution is 7.89. The Morgan fingerprint density at radius 2 is 2.12 bits per heavy atom. The Labute approximate surface area is 102 Å². The van der Waals surface area contributed by atoms with Crippen LogP contribution in [0.2, 0.25) is 0 Å². The summed E-state index contributed by atoms with van der Waals surface area (Å²) in [4.78, 5) is 4.03. The molecule has 0 aliphatic rings. The quantitative estimate of drug-likeness (QED) is 0.793. The van der Waals surface area contributed by atoms with Gasteiger partial charge in [0.15, 0.2) is 5.03 Å². The molecular formula is C10H20N4O2S. The molecule has 0 aliphatic heterocycles. The minimum atomic E-state index is -3.57. The van der Waals surface area contributed by atoms with Crippen molar-refractivity contribution in [3.05, 3.63) is 12.0 Å². The van der Waals surface area contributed by atoms with Gasteiger partial charge in [0.25, 0.3) is 10.0 Å². The fourth-order valence-electron chi connectivity index (χ4n) is 1.28. The Balaban J connectivity index is 2.90. The Morgan fingerprint density at radius 1 is 1.53 bits per heavy atom. The average Bonchev–Trinajstić information content (AvgIpc) is 2.56. The predicted molar refractivity (Wildman–Crippen MR) is 66.1 cm³/mol. The summed E-state index contributed by atoms with van der Waals surface area (Å²) in [5.74, 6) is 0.680. The van der Waals surface area contributed by atoms with E-state index >= 15 is 0 Å². The maximum Gasteiger partial charge on any atom is 0.259 e. The van der Waals surface area contributed by atoms with Crippen molar-refractivity contribution in [1.82, 2.24) is 14.3 Å². The lowest BCUT2D eigenvalue weighted by molar-refractivity contribution is 0.497. The van der Waals surface area contributed by atoms with E-state index in [1.54, 1.807) is 25.3 Å². The van der Waals surface area contributed by atoms with Gasteiger partial charge in [-0.3, -0.25) is 0 Å². The van der Waals surface area contributed by atoms with Crippen molar-refractivity contribution >= 4 is 10.0 Å². The topological polar surface area (TPSA) is 90.0 Å². The van der Waals surface area contributed by atoms with Crippen LogP contribution < -0.4 is 10.5 Å². The van der Waals surface area contributed by atoms with Crippen molar-refractivity contribution < 1.29 is 8.42 Å². The highest BCUT2D eigenvalue weighted by Crippen LogP contribution is 2.09. The van der Waals surface area contributed by atoms with Crippen molar-refractivity contribution in [3.63, 3.8) is 0 Å². The maximum atomic E-state index is 11.9. The number of sulfonamides is 1. The van der Waals surface area contributed by atoms with E-state index in [1.807, 2.05) is 6.92 Å². The van der Waals surface area contributed by atoms with Crippen LogP contribution in [0.15, 0.2) is 11.2 Å². The first-order valence-corrected chi connectivity index (χ1v) is 6.96. The Hall–Kier alpha value is -0.920. The molecule has 0 saturated carbocycles. The molecule has 0 spiro atoms. The third-order valence-electron chi connectivity index (χ3n) is 2.29. The molecule has 1 aromatic rings. The summed E-state index contributed by atoms with van der Waals surface area (Å²) in [6.07, 6.45) is 1.53. The molecule has 1 heterocycles. The maximum absolute atomic E-state index is 11.9. The van der Waals surface area contributed by atoms with Gasteiger partial charge in [0.05, 0.1) is 0 Å². The molecule has 0 aromatic carbocycles. The number of nitrogens with zero attached hydrogens (tertiary/aromatic N) is 2. The number of aryl methyl sites for hydroxylation is 2. The van der Waals surface area contributed by atoms with Crippen molar-refractivity contribution in [2.75, 3.05) is 6.54 Å². The van der Waals surface area contributed by atoms with Crippen molar-refractivity contribution in [2.45, 2.75) is 44.8 Å². The third-order valence-corrected chi connectivity index (χ3v) is 3.56. The highest BCUT2D eigenvalue weighted by Gasteiger charge is 2.21. The highest BCUT2D eigenvalue weighted by atomic mass is 32.2. The molecule has 1 rings (SSSR count). The molecule has 0 fully saturated rings. The number of imidazole rings is 1. The minimum Gasteiger partial charge on any atom is -0.334 e. The summed E-state index contributed by atoms with van der Waals surface area (Å²) in [7, 11) is -3.57. The first kappa shape index (κ1) is 14.1. The summed E-state index contributed by atoms with van der Waals surface area (Å²) in [6.45, 7) is 8.08. The summed E-state index contributed by atoms with van der Waals surface area (Å²) in [5, 5.41) is 0.0427.